The molecule has 2 rings (SSSR count). The Labute approximate surface area is 124 Å². The third-order valence-corrected chi connectivity index (χ3v) is 4.14. The summed E-state index contributed by atoms with van der Waals surface area (Å²) in [4.78, 5) is 18.7. The summed E-state index contributed by atoms with van der Waals surface area (Å²) in [6.07, 6.45) is 4.17. The average molecular weight is 294 g/mol. The quantitative estimate of drug-likeness (QED) is 0.663. The lowest BCUT2D eigenvalue weighted by molar-refractivity contribution is -0.385. The van der Waals surface area contributed by atoms with Gasteiger partial charge in [0.05, 0.1) is 4.92 Å². The fraction of sp³-hybridized carbons (Fsp3) is 0.714. The second-order valence-electron chi connectivity index (χ2n) is 5.67. The molecule has 3 unspecified atom stereocenters. The van der Waals surface area contributed by atoms with Gasteiger partial charge >= 0.3 is 5.69 Å². The molecule has 1 heterocycles. The number of rotatable bonds is 5. The van der Waals surface area contributed by atoms with Crippen molar-refractivity contribution < 1.29 is 9.66 Å². The van der Waals surface area contributed by atoms with Crippen molar-refractivity contribution in [3.8, 4) is 5.88 Å². The lowest BCUT2D eigenvalue weighted by atomic mass is 9.80. The first-order chi connectivity index (χ1) is 10.0. The number of nitro groups is 1. The van der Waals surface area contributed by atoms with Gasteiger partial charge in [-0.1, -0.05) is 13.8 Å². The molecule has 1 N–H and O–H groups in total. The minimum absolute atomic E-state index is 0.0146. The molecule has 1 aromatic heterocycles. The maximum Gasteiger partial charge on any atom is 0.372 e. The van der Waals surface area contributed by atoms with Gasteiger partial charge in [-0.05, 0) is 38.0 Å². The molecule has 0 amide bonds. The first kappa shape index (κ1) is 15.5. The highest BCUT2D eigenvalue weighted by atomic mass is 16.6. The summed E-state index contributed by atoms with van der Waals surface area (Å²) < 4.78 is 5.82. The van der Waals surface area contributed by atoms with Gasteiger partial charge in [-0.3, -0.25) is 10.1 Å². The summed E-state index contributed by atoms with van der Waals surface area (Å²) in [6, 6.07) is 0. The van der Waals surface area contributed by atoms with Crippen molar-refractivity contribution in [2.24, 2.45) is 11.8 Å². The third kappa shape index (κ3) is 3.59. The van der Waals surface area contributed by atoms with E-state index in [1.54, 1.807) is 0 Å². The highest BCUT2D eigenvalue weighted by molar-refractivity contribution is 5.61. The zero-order chi connectivity index (χ0) is 15.4. The van der Waals surface area contributed by atoms with Crippen LogP contribution in [0.4, 0.5) is 11.5 Å². The van der Waals surface area contributed by atoms with Crippen LogP contribution < -0.4 is 10.1 Å². The molecule has 0 saturated heterocycles. The van der Waals surface area contributed by atoms with Crippen molar-refractivity contribution >= 4 is 11.5 Å². The summed E-state index contributed by atoms with van der Waals surface area (Å²) in [5.74, 6) is 1.50. The number of ether oxygens (including phenoxy) is 1. The molecule has 1 aliphatic carbocycles. The van der Waals surface area contributed by atoms with Crippen LogP contribution in [0.1, 0.15) is 40.0 Å². The molecule has 7 heteroatoms. The minimum atomic E-state index is -0.484. The van der Waals surface area contributed by atoms with Crippen molar-refractivity contribution in [1.29, 1.82) is 0 Å². The van der Waals surface area contributed by atoms with Crippen molar-refractivity contribution in [3.05, 3.63) is 16.4 Å². The van der Waals surface area contributed by atoms with E-state index in [4.69, 9.17) is 4.74 Å². The molecule has 3 atom stereocenters. The smallest absolute Gasteiger partial charge is 0.372 e. The molecule has 116 valence electrons. The molecule has 1 aromatic rings. The maximum atomic E-state index is 11.3. The van der Waals surface area contributed by atoms with E-state index < -0.39 is 4.92 Å². The Kier molecular flexibility index (Phi) is 4.93. The van der Waals surface area contributed by atoms with Crippen LogP contribution in [0.25, 0.3) is 0 Å². The van der Waals surface area contributed by atoms with Crippen molar-refractivity contribution in [1.82, 2.24) is 9.97 Å². The maximum absolute atomic E-state index is 11.3. The topological polar surface area (TPSA) is 90.2 Å². The number of hydrogen-bond acceptors (Lipinski definition) is 6. The number of nitrogens with one attached hydrogen (secondary N) is 1. The van der Waals surface area contributed by atoms with Crippen LogP contribution in [0.15, 0.2) is 6.33 Å². The monoisotopic (exact) mass is 294 g/mol. The molecule has 0 bridgehead atoms. The van der Waals surface area contributed by atoms with Gasteiger partial charge < -0.3 is 10.1 Å². The SMILES string of the molecule is CCNc1ncnc(OC2CCC(C)C(C)C2)c1[N+](=O)[O-]. The Bertz CT molecular complexity index is 509. The second kappa shape index (κ2) is 6.69. The largest absolute Gasteiger partial charge is 0.469 e. The van der Waals surface area contributed by atoms with Crippen molar-refractivity contribution in [3.63, 3.8) is 0 Å². The Morgan fingerprint density at radius 2 is 2.14 bits per heavy atom. The summed E-state index contributed by atoms with van der Waals surface area (Å²) in [5, 5.41) is 14.2. The molecule has 0 radical (unpaired) electrons. The zero-order valence-corrected chi connectivity index (χ0v) is 12.7. The highest BCUT2D eigenvalue weighted by Crippen LogP contribution is 2.35. The van der Waals surface area contributed by atoms with Gasteiger partial charge in [0, 0.05) is 6.54 Å². The van der Waals surface area contributed by atoms with Gasteiger partial charge in [0.1, 0.15) is 12.4 Å². The van der Waals surface area contributed by atoms with Crippen LogP contribution >= 0.6 is 0 Å². The van der Waals surface area contributed by atoms with Gasteiger partial charge in [0.2, 0.25) is 5.82 Å². The first-order valence-corrected chi connectivity index (χ1v) is 7.42. The molecule has 0 aromatic carbocycles. The van der Waals surface area contributed by atoms with Crippen LogP contribution in [0.5, 0.6) is 5.88 Å². The van der Waals surface area contributed by atoms with E-state index in [0.29, 0.717) is 18.4 Å². The van der Waals surface area contributed by atoms with E-state index in [9.17, 15) is 10.1 Å². The Morgan fingerprint density at radius 3 is 2.76 bits per heavy atom. The number of anilines is 1. The van der Waals surface area contributed by atoms with E-state index in [2.05, 4.69) is 29.1 Å². The van der Waals surface area contributed by atoms with Gasteiger partial charge in [-0.25, -0.2) is 4.98 Å². The highest BCUT2D eigenvalue weighted by Gasteiger charge is 2.30. The fourth-order valence-electron chi connectivity index (χ4n) is 2.67. The Morgan fingerprint density at radius 1 is 1.38 bits per heavy atom. The number of hydrogen-bond donors (Lipinski definition) is 1. The van der Waals surface area contributed by atoms with E-state index in [1.807, 2.05) is 6.92 Å². The summed E-state index contributed by atoms with van der Waals surface area (Å²) in [5.41, 5.74) is -0.175. The fourth-order valence-corrected chi connectivity index (χ4v) is 2.67. The zero-order valence-electron chi connectivity index (χ0n) is 12.7. The van der Waals surface area contributed by atoms with Crippen LogP contribution in [0, 0.1) is 22.0 Å². The Balaban J connectivity index is 2.19. The normalized spacial score (nSPS) is 25.4. The molecule has 7 nitrogen and oxygen atoms in total. The van der Waals surface area contributed by atoms with Gasteiger partial charge in [0.25, 0.3) is 5.88 Å². The summed E-state index contributed by atoms with van der Waals surface area (Å²) in [6.45, 7) is 6.84. The van der Waals surface area contributed by atoms with E-state index in [0.717, 1.165) is 19.3 Å². The van der Waals surface area contributed by atoms with Crippen LogP contribution in [0.2, 0.25) is 0 Å². The van der Waals surface area contributed by atoms with Crippen LogP contribution in [0.3, 0.4) is 0 Å². The van der Waals surface area contributed by atoms with E-state index in [-0.39, 0.29) is 23.5 Å². The van der Waals surface area contributed by atoms with E-state index >= 15 is 0 Å². The molecule has 1 aliphatic rings. The number of nitrogens with zero attached hydrogens (tertiary/aromatic N) is 3. The number of aromatic nitrogens is 2. The molecular weight excluding hydrogens is 272 g/mol. The average Bonchev–Trinajstić information content (AvgIpc) is 2.43. The van der Waals surface area contributed by atoms with Crippen molar-refractivity contribution in [2.75, 3.05) is 11.9 Å². The van der Waals surface area contributed by atoms with Gasteiger partial charge in [0.15, 0.2) is 0 Å². The molecule has 1 fully saturated rings. The first-order valence-electron chi connectivity index (χ1n) is 7.42. The standard InChI is InChI=1S/C14H22N4O3/c1-4-15-13-12(18(19)20)14(17-8-16-13)21-11-6-5-9(2)10(3)7-11/h8-11H,4-7H2,1-3H3,(H,15,16,17). The predicted octanol–water partition coefficient (Wildman–Crippen LogP) is 3.02. The van der Waals surface area contributed by atoms with Gasteiger partial charge in [-0.15, -0.1) is 0 Å². The minimum Gasteiger partial charge on any atom is -0.469 e. The van der Waals surface area contributed by atoms with Crippen LogP contribution in [-0.4, -0.2) is 27.5 Å². The predicted molar refractivity (Wildman–Crippen MR) is 79.4 cm³/mol. The lowest BCUT2D eigenvalue weighted by Crippen LogP contribution is -2.29. The molecule has 0 spiro atoms. The Hall–Kier alpha value is -1.92. The van der Waals surface area contributed by atoms with E-state index in [1.165, 1.54) is 6.33 Å². The molecular formula is C14H22N4O3. The third-order valence-electron chi connectivity index (χ3n) is 4.14. The molecule has 0 aliphatic heterocycles. The summed E-state index contributed by atoms with van der Waals surface area (Å²) in [7, 11) is 0. The van der Waals surface area contributed by atoms with Crippen molar-refractivity contribution in [2.45, 2.75) is 46.1 Å². The van der Waals surface area contributed by atoms with Gasteiger partial charge in [-0.2, -0.15) is 4.98 Å². The lowest BCUT2D eigenvalue weighted by Gasteiger charge is -2.31. The molecule has 21 heavy (non-hydrogen) atoms. The van der Waals surface area contributed by atoms with Crippen LogP contribution in [-0.2, 0) is 0 Å². The second-order valence-corrected chi connectivity index (χ2v) is 5.67. The molecule has 1 saturated carbocycles. The summed E-state index contributed by atoms with van der Waals surface area (Å²) >= 11 is 0.